The minimum atomic E-state index is -0.0419. The summed E-state index contributed by atoms with van der Waals surface area (Å²) in [4.78, 5) is 0. The molecule has 0 saturated carbocycles. The van der Waals surface area contributed by atoms with E-state index in [-0.39, 0.29) is 6.29 Å². The third-order valence-electron chi connectivity index (χ3n) is 3.70. The van der Waals surface area contributed by atoms with Gasteiger partial charge in [0.05, 0.1) is 6.61 Å². The standard InChI is InChI=1S/C16H24O2/c1-3-13(2)14-7-6-8-15(11-10-14)18-16-9-4-5-12-17-16/h7-8,10-11,13,16H,3-6,9,12H2,1-2H3. The Morgan fingerprint density at radius 2 is 2.22 bits per heavy atom. The third-order valence-corrected chi connectivity index (χ3v) is 3.70. The Morgan fingerprint density at radius 3 is 2.94 bits per heavy atom. The van der Waals surface area contributed by atoms with E-state index in [0.29, 0.717) is 5.92 Å². The Kier molecular flexibility index (Phi) is 5.06. The first kappa shape index (κ1) is 13.4. The van der Waals surface area contributed by atoms with Gasteiger partial charge in [-0.2, -0.15) is 0 Å². The number of allylic oxidation sites excluding steroid dienone is 5. The van der Waals surface area contributed by atoms with Gasteiger partial charge in [-0.15, -0.1) is 0 Å². The second-order valence-corrected chi connectivity index (χ2v) is 5.10. The molecule has 2 nitrogen and oxygen atoms in total. The van der Waals surface area contributed by atoms with Gasteiger partial charge in [0, 0.05) is 6.42 Å². The van der Waals surface area contributed by atoms with E-state index in [1.165, 1.54) is 18.4 Å². The van der Waals surface area contributed by atoms with E-state index in [2.05, 4.69) is 38.2 Å². The molecule has 2 atom stereocenters. The summed E-state index contributed by atoms with van der Waals surface area (Å²) >= 11 is 0. The average molecular weight is 248 g/mol. The van der Waals surface area contributed by atoms with Gasteiger partial charge >= 0.3 is 0 Å². The summed E-state index contributed by atoms with van der Waals surface area (Å²) in [6, 6.07) is 0. The predicted molar refractivity (Wildman–Crippen MR) is 74.1 cm³/mol. The van der Waals surface area contributed by atoms with Gasteiger partial charge in [-0.05, 0) is 49.3 Å². The van der Waals surface area contributed by atoms with Crippen molar-refractivity contribution in [2.45, 2.75) is 52.2 Å². The van der Waals surface area contributed by atoms with Crippen LogP contribution in [0.2, 0.25) is 0 Å². The summed E-state index contributed by atoms with van der Waals surface area (Å²) in [6.07, 6.45) is 14.2. The summed E-state index contributed by atoms with van der Waals surface area (Å²) in [7, 11) is 0. The van der Waals surface area contributed by atoms with Crippen LogP contribution in [0.1, 0.15) is 46.0 Å². The summed E-state index contributed by atoms with van der Waals surface area (Å²) in [5, 5.41) is 0. The van der Waals surface area contributed by atoms with Crippen molar-refractivity contribution in [2.75, 3.05) is 6.61 Å². The van der Waals surface area contributed by atoms with Crippen molar-refractivity contribution >= 4 is 0 Å². The molecule has 1 aliphatic carbocycles. The van der Waals surface area contributed by atoms with E-state index in [1.54, 1.807) is 0 Å². The van der Waals surface area contributed by atoms with Crippen molar-refractivity contribution in [2.24, 2.45) is 5.92 Å². The van der Waals surface area contributed by atoms with E-state index < -0.39 is 0 Å². The van der Waals surface area contributed by atoms with Crippen molar-refractivity contribution in [1.29, 1.82) is 0 Å². The Hall–Kier alpha value is -1.02. The summed E-state index contributed by atoms with van der Waals surface area (Å²) in [6.45, 7) is 5.33. The molecule has 0 aromatic heterocycles. The van der Waals surface area contributed by atoms with Gasteiger partial charge in [0.2, 0.25) is 0 Å². The van der Waals surface area contributed by atoms with E-state index in [4.69, 9.17) is 9.47 Å². The zero-order chi connectivity index (χ0) is 12.8. The third kappa shape index (κ3) is 3.74. The molecule has 0 aromatic rings. The highest BCUT2D eigenvalue weighted by Gasteiger charge is 2.16. The average Bonchev–Trinajstić information content (AvgIpc) is 2.65. The normalized spacial score (nSPS) is 26.0. The largest absolute Gasteiger partial charge is 0.465 e. The Balaban J connectivity index is 1.90. The number of hydrogen-bond donors (Lipinski definition) is 0. The second-order valence-electron chi connectivity index (χ2n) is 5.10. The molecule has 2 rings (SSSR count). The van der Waals surface area contributed by atoms with Gasteiger partial charge in [0.1, 0.15) is 5.76 Å². The predicted octanol–water partition coefficient (Wildman–Crippen LogP) is 4.35. The monoisotopic (exact) mass is 248 g/mol. The van der Waals surface area contributed by atoms with Gasteiger partial charge < -0.3 is 9.47 Å². The Morgan fingerprint density at radius 1 is 1.33 bits per heavy atom. The summed E-state index contributed by atoms with van der Waals surface area (Å²) in [5.41, 5.74) is 1.41. The number of rotatable bonds is 4. The molecule has 18 heavy (non-hydrogen) atoms. The second kappa shape index (κ2) is 6.79. The minimum Gasteiger partial charge on any atom is -0.465 e. The quantitative estimate of drug-likeness (QED) is 0.736. The van der Waals surface area contributed by atoms with Crippen LogP contribution in [0.15, 0.2) is 35.6 Å². The van der Waals surface area contributed by atoms with Crippen molar-refractivity contribution in [3.63, 3.8) is 0 Å². The molecule has 0 N–H and O–H groups in total. The molecule has 0 bridgehead atoms. The van der Waals surface area contributed by atoms with Crippen molar-refractivity contribution in [3.05, 3.63) is 35.6 Å². The van der Waals surface area contributed by atoms with Crippen LogP contribution in [0, 0.1) is 5.92 Å². The van der Waals surface area contributed by atoms with Gasteiger partial charge in [-0.25, -0.2) is 0 Å². The topological polar surface area (TPSA) is 18.5 Å². The molecule has 1 fully saturated rings. The molecular formula is C16H24O2. The minimum absolute atomic E-state index is 0.0419. The first-order chi connectivity index (χ1) is 8.79. The van der Waals surface area contributed by atoms with Crippen LogP contribution < -0.4 is 0 Å². The van der Waals surface area contributed by atoms with Crippen LogP contribution in [-0.2, 0) is 9.47 Å². The molecular weight excluding hydrogens is 224 g/mol. The summed E-state index contributed by atoms with van der Waals surface area (Å²) in [5.74, 6) is 1.58. The van der Waals surface area contributed by atoms with Gasteiger partial charge in [0.25, 0.3) is 0 Å². The SMILES string of the molecule is CCC(C)C1=CCC=C(OC2CCCCO2)C=C1. The maximum absolute atomic E-state index is 5.89. The first-order valence-corrected chi connectivity index (χ1v) is 7.16. The van der Waals surface area contributed by atoms with Gasteiger partial charge in [0.15, 0.2) is 6.29 Å². The van der Waals surface area contributed by atoms with Crippen molar-refractivity contribution in [1.82, 2.24) is 0 Å². The maximum Gasteiger partial charge on any atom is 0.199 e. The summed E-state index contributed by atoms with van der Waals surface area (Å²) < 4.78 is 11.5. The zero-order valence-corrected chi connectivity index (χ0v) is 11.5. The first-order valence-electron chi connectivity index (χ1n) is 7.16. The van der Waals surface area contributed by atoms with Crippen LogP contribution in [0.4, 0.5) is 0 Å². The lowest BCUT2D eigenvalue weighted by atomic mass is 9.98. The van der Waals surface area contributed by atoms with Crippen LogP contribution >= 0.6 is 0 Å². The highest BCUT2D eigenvalue weighted by atomic mass is 16.7. The molecule has 2 aliphatic rings. The molecule has 1 heterocycles. The molecule has 1 saturated heterocycles. The highest BCUT2D eigenvalue weighted by molar-refractivity contribution is 5.30. The van der Waals surface area contributed by atoms with E-state index in [1.807, 2.05) is 0 Å². The highest BCUT2D eigenvalue weighted by Crippen LogP contribution is 2.23. The molecule has 2 unspecified atom stereocenters. The maximum atomic E-state index is 5.89. The zero-order valence-electron chi connectivity index (χ0n) is 11.5. The van der Waals surface area contributed by atoms with E-state index in [0.717, 1.165) is 31.6 Å². The number of ether oxygens (including phenoxy) is 2. The molecule has 2 heteroatoms. The van der Waals surface area contributed by atoms with Crippen LogP contribution in [0.5, 0.6) is 0 Å². The van der Waals surface area contributed by atoms with Crippen LogP contribution in [0.3, 0.4) is 0 Å². The Labute approximate surface area is 110 Å². The van der Waals surface area contributed by atoms with Crippen LogP contribution in [0.25, 0.3) is 0 Å². The van der Waals surface area contributed by atoms with Crippen molar-refractivity contribution in [3.8, 4) is 0 Å². The smallest absolute Gasteiger partial charge is 0.199 e. The molecule has 100 valence electrons. The molecule has 0 spiro atoms. The number of hydrogen-bond acceptors (Lipinski definition) is 2. The lowest BCUT2D eigenvalue weighted by molar-refractivity contribution is -0.136. The fourth-order valence-corrected chi connectivity index (χ4v) is 2.27. The lowest BCUT2D eigenvalue weighted by Gasteiger charge is -2.23. The van der Waals surface area contributed by atoms with Crippen LogP contribution in [-0.4, -0.2) is 12.9 Å². The molecule has 0 amide bonds. The van der Waals surface area contributed by atoms with E-state index >= 15 is 0 Å². The van der Waals surface area contributed by atoms with E-state index in [9.17, 15) is 0 Å². The molecule has 0 aromatic carbocycles. The van der Waals surface area contributed by atoms with Crippen molar-refractivity contribution < 1.29 is 9.47 Å². The van der Waals surface area contributed by atoms with Gasteiger partial charge in [-0.1, -0.05) is 26.0 Å². The fraction of sp³-hybridized carbons (Fsp3) is 0.625. The Bertz CT molecular complexity index is 346. The molecule has 0 radical (unpaired) electrons. The fourth-order valence-electron chi connectivity index (χ4n) is 2.27. The van der Waals surface area contributed by atoms with Gasteiger partial charge in [-0.3, -0.25) is 0 Å². The lowest BCUT2D eigenvalue weighted by Crippen LogP contribution is -2.21. The molecule has 1 aliphatic heterocycles.